The van der Waals surface area contributed by atoms with Crippen molar-refractivity contribution in [1.29, 1.82) is 0 Å². The van der Waals surface area contributed by atoms with Crippen LogP contribution in [0.3, 0.4) is 0 Å². The number of hydrogen-bond donors (Lipinski definition) is 1. The van der Waals surface area contributed by atoms with E-state index in [1.807, 2.05) is 12.1 Å². The summed E-state index contributed by atoms with van der Waals surface area (Å²) in [6.45, 7) is 6.31. The average molecular weight is 276 g/mol. The van der Waals surface area contributed by atoms with Crippen LogP contribution in [-0.4, -0.2) is 11.7 Å². The average Bonchev–Trinajstić information content (AvgIpc) is 2.46. The number of hydrogen-bond acceptors (Lipinski definition) is 2. The molecule has 2 nitrogen and oxygen atoms in total. The van der Waals surface area contributed by atoms with Gasteiger partial charge in [-0.1, -0.05) is 64.2 Å². The van der Waals surface area contributed by atoms with Crippen LogP contribution in [0.4, 0.5) is 0 Å². The van der Waals surface area contributed by atoms with Gasteiger partial charge in [0.25, 0.3) is 0 Å². The van der Waals surface area contributed by atoms with Gasteiger partial charge in [-0.3, -0.25) is 0 Å². The minimum Gasteiger partial charge on any atom is -0.508 e. The van der Waals surface area contributed by atoms with E-state index in [1.54, 1.807) is 12.1 Å². The number of rotatable bonds is 11. The van der Waals surface area contributed by atoms with Gasteiger partial charge in [-0.15, -0.1) is 0 Å². The summed E-state index contributed by atoms with van der Waals surface area (Å²) in [5, 5.41) is 9.96. The second-order valence-electron chi connectivity index (χ2n) is 5.26. The van der Waals surface area contributed by atoms with E-state index in [2.05, 4.69) is 13.5 Å². The Morgan fingerprint density at radius 1 is 1.10 bits per heavy atom. The largest absolute Gasteiger partial charge is 0.508 e. The maximum absolute atomic E-state index is 9.96. The SMILES string of the molecule is C=CCOc1ccc(CCCCCCCCC)c(O)c1. The zero-order valence-electron chi connectivity index (χ0n) is 12.7. The Balaban J connectivity index is 2.24. The first-order valence-electron chi connectivity index (χ1n) is 7.83. The van der Waals surface area contributed by atoms with E-state index in [4.69, 9.17) is 4.74 Å². The lowest BCUT2D eigenvalue weighted by Crippen LogP contribution is -1.94. The van der Waals surface area contributed by atoms with E-state index < -0.39 is 0 Å². The molecule has 0 heterocycles. The Morgan fingerprint density at radius 3 is 2.45 bits per heavy atom. The second kappa shape index (κ2) is 10.4. The van der Waals surface area contributed by atoms with Crippen LogP contribution >= 0.6 is 0 Å². The van der Waals surface area contributed by atoms with E-state index in [0.717, 1.165) is 18.4 Å². The van der Waals surface area contributed by atoms with Gasteiger partial charge < -0.3 is 9.84 Å². The van der Waals surface area contributed by atoms with Gasteiger partial charge in [0.15, 0.2) is 0 Å². The van der Waals surface area contributed by atoms with Crippen molar-refractivity contribution in [1.82, 2.24) is 0 Å². The Kier molecular flexibility index (Phi) is 8.61. The van der Waals surface area contributed by atoms with E-state index in [0.29, 0.717) is 18.1 Å². The molecule has 0 atom stereocenters. The fraction of sp³-hybridized carbons (Fsp3) is 0.556. The zero-order chi connectivity index (χ0) is 14.6. The molecule has 0 aliphatic rings. The molecule has 0 aromatic heterocycles. The highest BCUT2D eigenvalue weighted by atomic mass is 16.5. The van der Waals surface area contributed by atoms with Gasteiger partial charge in [-0.25, -0.2) is 0 Å². The number of ether oxygens (including phenoxy) is 1. The first-order valence-corrected chi connectivity index (χ1v) is 7.83. The number of phenols is 1. The Labute approximate surface area is 123 Å². The van der Waals surface area contributed by atoms with Crippen LogP contribution in [-0.2, 0) is 6.42 Å². The standard InChI is InChI=1S/C18H28O2/c1-3-5-6-7-8-9-10-11-16-12-13-17(15-18(16)19)20-14-4-2/h4,12-13,15,19H,2-3,5-11,14H2,1H3. The van der Waals surface area contributed by atoms with Crippen LogP contribution in [0.1, 0.15) is 57.4 Å². The molecule has 0 aliphatic heterocycles. The predicted octanol–water partition coefficient (Wildman–Crippen LogP) is 5.25. The van der Waals surface area contributed by atoms with Crippen LogP contribution in [0, 0.1) is 0 Å². The quantitative estimate of drug-likeness (QED) is 0.442. The van der Waals surface area contributed by atoms with E-state index in [9.17, 15) is 5.11 Å². The fourth-order valence-electron chi connectivity index (χ4n) is 2.27. The Hall–Kier alpha value is -1.44. The third-order valence-corrected chi connectivity index (χ3v) is 3.47. The van der Waals surface area contributed by atoms with E-state index in [1.165, 1.54) is 38.5 Å². The summed E-state index contributed by atoms with van der Waals surface area (Å²) >= 11 is 0. The van der Waals surface area contributed by atoms with Crippen molar-refractivity contribution in [3.63, 3.8) is 0 Å². The lowest BCUT2D eigenvalue weighted by atomic mass is 10.0. The predicted molar refractivity (Wildman–Crippen MR) is 85.5 cm³/mol. The Bertz CT molecular complexity index is 385. The molecule has 1 aromatic carbocycles. The maximum Gasteiger partial charge on any atom is 0.123 e. The van der Waals surface area contributed by atoms with Crippen molar-refractivity contribution < 1.29 is 9.84 Å². The second-order valence-corrected chi connectivity index (χ2v) is 5.26. The number of aryl methyl sites for hydroxylation is 1. The molecule has 0 saturated heterocycles. The summed E-state index contributed by atoms with van der Waals surface area (Å²) in [5.41, 5.74) is 1.02. The van der Waals surface area contributed by atoms with Gasteiger partial charge in [-0.05, 0) is 24.5 Å². The molecule has 112 valence electrons. The summed E-state index contributed by atoms with van der Waals surface area (Å²) in [4.78, 5) is 0. The first kappa shape index (κ1) is 16.6. The molecule has 0 fully saturated rings. The minimum atomic E-state index is 0.345. The summed E-state index contributed by atoms with van der Waals surface area (Å²) in [7, 11) is 0. The molecule has 0 amide bonds. The fourth-order valence-corrected chi connectivity index (χ4v) is 2.27. The molecule has 0 saturated carbocycles. The minimum absolute atomic E-state index is 0.345. The topological polar surface area (TPSA) is 29.5 Å². The monoisotopic (exact) mass is 276 g/mol. The highest BCUT2D eigenvalue weighted by Gasteiger charge is 2.03. The van der Waals surface area contributed by atoms with Crippen molar-refractivity contribution in [2.45, 2.75) is 58.3 Å². The smallest absolute Gasteiger partial charge is 0.123 e. The molecule has 2 heteroatoms. The molecule has 1 N–H and O–H groups in total. The molecule has 0 radical (unpaired) electrons. The van der Waals surface area contributed by atoms with Gasteiger partial charge >= 0.3 is 0 Å². The van der Waals surface area contributed by atoms with Crippen molar-refractivity contribution in [3.05, 3.63) is 36.4 Å². The number of unbranched alkanes of at least 4 members (excludes halogenated alkanes) is 6. The van der Waals surface area contributed by atoms with Crippen LogP contribution in [0.15, 0.2) is 30.9 Å². The van der Waals surface area contributed by atoms with Crippen molar-refractivity contribution >= 4 is 0 Å². The molecule has 1 aromatic rings. The molecule has 0 unspecified atom stereocenters. The van der Waals surface area contributed by atoms with E-state index in [-0.39, 0.29) is 0 Å². The lowest BCUT2D eigenvalue weighted by molar-refractivity contribution is 0.359. The molecule has 20 heavy (non-hydrogen) atoms. The molecule has 1 rings (SSSR count). The van der Waals surface area contributed by atoms with Crippen LogP contribution < -0.4 is 4.74 Å². The number of benzene rings is 1. The summed E-state index contributed by atoms with van der Waals surface area (Å²) in [5.74, 6) is 1.04. The summed E-state index contributed by atoms with van der Waals surface area (Å²) in [6, 6.07) is 5.57. The first-order chi connectivity index (χ1) is 9.77. The highest BCUT2D eigenvalue weighted by molar-refractivity contribution is 5.39. The highest BCUT2D eigenvalue weighted by Crippen LogP contribution is 2.25. The van der Waals surface area contributed by atoms with Crippen molar-refractivity contribution in [2.24, 2.45) is 0 Å². The molecular weight excluding hydrogens is 248 g/mol. The molecule has 0 aliphatic carbocycles. The molecule has 0 bridgehead atoms. The van der Waals surface area contributed by atoms with Crippen molar-refractivity contribution in [2.75, 3.05) is 6.61 Å². The lowest BCUT2D eigenvalue weighted by Gasteiger charge is -2.08. The molecular formula is C18H28O2. The summed E-state index contributed by atoms with van der Waals surface area (Å²) in [6.07, 6.45) is 11.7. The zero-order valence-corrected chi connectivity index (χ0v) is 12.7. The van der Waals surface area contributed by atoms with Crippen LogP contribution in [0.25, 0.3) is 0 Å². The van der Waals surface area contributed by atoms with Gasteiger partial charge in [0, 0.05) is 6.07 Å². The van der Waals surface area contributed by atoms with Gasteiger partial charge in [0.1, 0.15) is 18.1 Å². The number of aromatic hydroxyl groups is 1. The maximum atomic E-state index is 9.96. The third-order valence-electron chi connectivity index (χ3n) is 3.47. The third kappa shape index (κ3) is 6.65. The van der Waals surface area contributed by atoms with Crippen LogP contribution in [0.2, 0.25) is 0 Å². The van der Waals surface area contributed by atoms with Gasteiger partial charge in [0.05, 0.1) is 0 Å². The Morgan fingerprint density at radius 2 is 1.80 bits per heavy atom. The normalized spacial score (nSPS) is 10.4. The van der Waals surface area contributed by atoms with Gasteiger partial charge in [0.2, 0.25) is 0 Å². The molecule has 0 spiro atoms. The van der Waals surface area contributed by atoms with Gasteiger partial charge in [-0.2, -0.15) is 0 Å². The number of phenolic OH excluding ortho intramolecular Hbond substituents is 1. The summed E-state index contributed by atoms with van der Waals surface area (Å²) < 4.78 is 5.39. The van der Waals surface area contributed by atoms with Crippen LogP contribution in [0.5, 0.6) is 11.5 Å². The van der Waals surface area contributed by atoms with E-state index >= 15 is 0 Å². The van der Waals surface area contributed by atoms with Crippen molar-refractivity contribution in [3.8, 4) is 11.5 Å².